The van der Waals surface area contributed by atoms with Gasteiger partial charge in [0.25, 0.3) is 0 Å². The van der Waals surface area contributed by atoms with Crippen molar-refractivity contribution in [2.24, 2.45) is 28.1 Å². The Hall–Kier alpha value is -6.57. The van der Waals surface area contributed by atoms with Crippen LogP contribution in [0.3, 0.4) is 0 Å². The molecular formula is C43H51FN8O5. The number of guanidine groups is 1. The average molecular weight is 779 g/mol. The number of carbonyl (C=O) groups excluding carboxylic acids is 5. The van der Waals surface area contributed by atoms with Gasteiger partial charge in [-0.25, -0.2) is 4.39 Å². The summed E-state index contributed by atoms with van der Waals surface area (Å²) < 4.78 is 13.8. The first-order chi connectivity index (χ1) is 27.3. The van der Waals surface area contributed by atoms with Crippen LogP contribution in [-0.2, 0) is 30.4 Å². The van der Waals surface area contributed by atoms with Crippen molar-refractivity contribution in [1.82, 2.24) is 21.3 Å². The second-order valence-corrected chi connectivity index (χ2v) is 14.2. The minimum absolute atomic E-state index is 0.0251. The second-order valence-electron chi connectivity index (χ2n) is 14.2. The van der Waals surface area contributed by atoms with E-state index >= 15 is 0 Å². The number of benzene rings is 4. The second kappa shape index (κ2) is 21.5. The summed E-state index contributed by atoms with van der Waals surface area (Å²) in [6, 6.07) is 23.8. The number of nitrogens with zero attached hydrogens (tertiary/aromatic N) is 1. The van der Waals surface area contributed by atoms with Crippen LogP contribution in [-0.4, -0.2) is 60.2 Å². The van der Waals surface area contributed by atoms with Crippen LogP contribution < -0.4 is 38.5 Å². The Morgan fingerprint density at radius 2 is 1.40 bits per heavy atom. The van der Waals surface area contributed by atoms with E-state index in [1.807, 2.05) is 80.6 Å². The summed E-state index contributed by atoms with van der Waals surface area (Å²) in [5, 5.41) is 13.0. The van der Waals surface area contributed by atoms with E-state index < -0.39 is 59.5 Å². The quantitative estimate of drug-likeness (QED) is 0.0306. The number of aliphatic imine (C=N–C) groups is 1. The number of nitrogens with one attached hydrogen (secondary N) is 4. The van der Waals surface area contributed by atoms with E-state index in [2.05, 4.69) is 26.3 Å². The molecule has 4 atom stereocenters. The molecule has 0 saturated carbocycles. The number of rotatable bonds is 20. The number of halogens is 1. The predicted molar refractivity (Wildman–Crippen MR) is 219 cm³/mol. The third-order valence-corrected chi connectivity index (χ3v) is 9.06. The number of hydrogen-bond donors (Lipinski definition) is 7. The lowest BCUT2D eigenvalue weighted by Gasteiger charge is -2.26. The molecule has 4 rings (SSSR count). The third-order valence-electron chi connectivity index (χ3n) is 9.06. The van der Waals surface area contributed by atoms with E-state index in [0.29, 0.717) is 17.5 Å². The van der Waals surface area contributed by atoms with Crippen LogP contribution in [0.1, 0.15) is 62.3 Å². The van der Waals surface area contributed by atoms with E-state index in [9.17, 15) is 28.4 Å². The van der Waals surface area contributed by atoms with Gasteiger partial charge in [-0.1, -0.05) is 92.7 Å². The molecular weight excluding hydrogens is 728 g/mol. The molecule has 10 N–H and O–H groups in total. The molecule has 0 aliphatic heterocycles. The highest BCUT2D eigenvalue weighted by Gasteiger charge is 2.29. The molecule has 300 valence electrons. The first kappa shape index (κ1) is 43.2. The maximum atomic E-state index is 14.2. The minimum atomic E-state index is -1.12. The fraction of sp³-hybridized carbons (Fsp3) is 0.302. The molecule has 13 nitrogen and oxygen atoms in total. The van der Waals surface area contributed by atoms with Crippen LogP contribution >= 0.6 is 0 Å². The zero-order valence-corrected chi connectivity index (χ0v) is 32.1. The number of fused-ring (bicyclic) bond motifs is 1. The number of carbonyl (C=O) groups is 5. The Kier molecular flexibility index (Phi) is 16.3. The fourth-order valence-corrected chi connectivity index (χ4v) is 6.17. The first-order valence-corrected chi connectivity index (χ1v) is 18.8. The standard InChI is InChI=1S/C43H51FN8O5/c1-27(2)23-36(41(56)51-34(40(45)55)13-8-22-48-43(46)47)50-39(54)26-35(32-18-17-30-11-6-7-12-31(30)25-32)52-42(57)37(24-29-14-19-33(44)20-15-29)49-38(53)21-16-28-9-4-3-5-10-28/h3-7,9-12,14-21,25,27,34-37H,8,13,22-24,26H2,1-2H3,(H2,45,55)(H,49,53)(H,50,54)(H,51,56)(H,52,57)(H4,46,47,48)/b21-16+/t34-,35?,36-,37-/m0/s1. The van der Waals surface area contributed by atoms with Crippen LogP contribution in [0.2, 0.25) is 0 Å². The largest absolute Gasteiger partial charge is 0.370 e. The van der Waals surface area contributed by atoms with Crippen molar-refractivity contribution >= 4 is 52.3 Å². The van der Waals surface area contributed by atoms with E-state index in [4.69, 9.17) is 17.2 Å². The van der Waals surface area contributed by atoms with E-state index in [1.165, 1.54) is 30.3 Å². The zero-order valence-electron chi connectivity index (χ0n) is 32.1. The molecule has 4 aromatic carbocycles. The summed E-state index contributed by atoms with van der Waals surface area (Å²) in [5.74, 6) is -3.60. The van der Waals surface area contributed by atoms with Crippen molar-refractivity contribution in [3.05, 3.63) is 126 Å². The molecule has 57 heavy (non-hydrogen) atoms. The van der Waals surface area contributed by atoms with E-state index in [-0.39, 0.29) is 44.1 Å². The van der Waals surface area contributed by atoms with Crippen LogP contribution in [0.15, 0.2) is 108 Å². The maximum absolute atomic E-state index is 14.2. The average Bonchev–Trinajstić information content (AvgIpc) is 3.18. The van der Waals surface area contributed by atoms with E-state index in [0.717, 1.165) is 16.3 Å². The summed E-state index contributed by atoms with van der Waals surface area (Å²) in [4.78, 5) is 70.9. The molecule has 0 aliphatic carbocycles. The van der Waals surface area contributed by atoms with Gasteiger partial charge in [0.1, 0.15) is 23.9 Å². The normalized spacial score (nSPS) is 13.3. The van der Waals surface area contributed by atoms with Crippen molar-refractivity contribution < 1.29 is 28.4 Å². The molecule has 0 fully saturated rings. The van der Waals surface area contributed by atoms with Gasteiger partial charge in [0.15, 0.2) is 5.96 Å². The Morgan fingerprint density at radius 3 is 2.07 bits per heavy atom. The monoisotopic (exact) mass is 778 g/mol. The van der Waals surface area contributed by atoms with Crippen LogP contribution in [0, 0.1) is 11.7 Å². The molecule has 5 amide bonds. The molecule has 0 heterocycles. The van der Waals surface area contributed by atoms with Crippen molar-refractivity contribution in [3.63, 3.8) is 0 Å². The summed E-state index contributed by atoms with van der Waals surface area (Å²) >= 11 is 0. The zero-order chi connectivity index (χ0) is 41.3. The predicted octanol–water partition coefficient (Wildman–Crippen LogP) is 3.52. The SMILES string of the molecule is CC(C)C[C@H](NC(=O)CC(NC(=O)[C@H](Cc1ccc(F)cc1)NC(=O)/C=C/c1ccccc1)c1ccc2ccccc2c1)C(=O)N[C@@H](CCCN=C(N)N)C(N)=O. The lowest BCUT2D eigenvalue weighted by molar-refractivity contribution is -0.132. The van der Waals surface area contributed by atoms with Crippen LogP contribution in [0.4, 0.5) is 4.39 Å². The van der Waals surface area contributed by atoms with Gasteiger partial charge in [0, 0.05) is 19.0 Å². The lowest BCUT2D eigenvalue weighted by atomic mass is 9.97. The summed E-state index contributed by atoms with van der Waals surface area (Å²) in [5.41, 5.74) is 18.3. The highest BCUT2D eigenvalue weighted by atomic mass is 19.1. The van der Waals surface area contributed by atoms with Crippen LogP contribution in [0.25, 0.3) is 16.8 Å². The molecule has 0 bridgehead atoms. The lowest BCUT2D eigenvalue weighted by Crippen LogP contribution is -2.54. The van der Waals surface area contributed by atoms with Gasteiger partial charge in [0.2, 0.25) is 29.5 Å². The Balaban J connectivity index is 1.58. The Bertz CT molecular complexity index is 2050. The summed E-state index contributed by atoms with van der Waals surface area (Å²) in [6.07, 6.45) is 3.46. The molecule has 0 spiro atoms. The molecule has 0 saturated heterocycles. The number of hydrogen-bond acceptors (Lipinski definition) is 6. The van der Waals surface area contributed by atoms with Gasteiger partial charge < -0.3 is 38.5 Å². The Labute approximate surface area is 331 Å². The highest BCUT2D eigenvalue weighted by Crippen LogP contribution is 2.24. The first-order valence-electron chi connectivity index (χ1n) is 18.8. The number of primary amides is 1. The molecule has 0 aromatic heterocycles. The van der Waals surface area contributed by atoms with Crippen molar-refractivity contribution in [2.75, 3.05) is 6.54 Å². The minimum Gasteiger partial charge on any atom is -0.370 e. The molecule has 0 radical (unpaired) electrons. The van der Waals surface area contributed by atoms with Crippen molar-refractivity contribution in [1.29, 1.82) is 0 Å². The fourth-order valence-electron chi connectivity index (χ4n) is 6.17. The van der Waals surface area contributed by atoms with Gasteiger partial charge in [-0.05, 0) is 76.9 Å². The smallest absolute Gasteiger partial charge is 0.244 e. The molecule has 4 aromatic rings. The van der Waals surface area contributed by atoms with E-state index in [1.54, 1.807) is 12.1 Å². The maximum Gasteiger partial charge on any atom is 0.244 e. The summed E-state index contributed by atoms with van der Waals surface area (Å²) in [7, 11) is 0. The van der Waals surface area contributed by atoms with Crippen molar-refractivity contribution in [2.45, 2.75) is 70.1 Å². The van der Waals surface area contributed by atoms with Crippen LogP contribution in [0.5, 0.6) is 0 Å². The third kappa shape index (κ3) is 14.5. The van der Waals surface area contributed by atoms with Gasteiger partial charge in [-0.15, -0.1) is 0 Å². The van der Waals surface area contributed by atoms with Gasteiger partial charge in [-0.2, -0.15) is 0 Å². The van der Waals surface area contributed by atoms with Gasteiger partial charge in [-0.3, -0.25) is 29.0 Å². The van der Waals surface area contributed by atoms with Gasteiger partial charge >= 0.3 is 0 Å². The Morgan fingerprint density at radius 1 is 0.737 bits per heavy atom. The molecule has 14 heteroatoms. The number of nitrogens with two attached hydrogens (primary N) is 3. The molecule has 1 unspecified atom stereocenters. The highest BCUT2D eigenvalue weighted by molar-refractivity contribution is 5.96. The number of amides is 5. The summed E-state index contributed by atoms with van der Waals surface area (Å²) in [6.45, 7) is 4.00. The van der Waals surface area contributed by atoms with Gasteiger partial charge in [0.05, 0.1) is 12.5 Å². The topological polar surface area (TPSA) is 224 Å². The van der Waals surface area contributed by atoms with Crippen molar-refractivity contribution in [3.8, 4) is 0 Å². The molecule has 0 aliphatic rings.